The van der Waals surface area contributed by atoms with Gasteiger partial charge in [0, 0.05) is 33.7 Å². The summed E-state index contributed by atoms with van der Waals surface area (Å²) < 4.78 is 0. The highest BCUT2D eigenvalue weighted by atomic mass is 16.1. The number of benzene rings is 3. The Balaban J connectivity index is 2.01. The quantitative estimate of drug-likeness (QED) is 0.466. The predicted molar refractivity (Wildman–Crippen MR) is 120 cm³/mol. The van der Waals surface area contributed by atoms with Crippen molar-refractivity contribution in [2.24, 2.45) is 0 Å². The summed E-state index contributed by atoms with van der Waals surface area (Å²) in [6, 6.07) is 16.8. The molecule has 0 aliphatic heterocycles. The van der Waals surface area contributed by atoms with Crippen molar-refractivity contribution < 1.29 is 0 Å². The van der Waals surface area contributed by atoms with E-state index in [1.807, 2.05) is 68.7 Å². The van der Waals surface area contributed by atoms with E-state index in [0.717, 1.165) is 28.7 Å². The highest BCUT2D eigenvalue weighted by Gasteiger charge is 2.17. The molecule has 2 heterocycles. The second kappa shape index (κ2) is 6.57. The molecule has 5 aromatic rings. The van der Waals surface area contributed by atoms with Crippen LogP contribution < -0.4 is 10.9 Å². The van der Waals surface area contributed by atoms with Crippen LogP contribution in [-0.4, -0.2) is 35.5 Å². The molecule has 0 atom stereocenters. The van der Waals surface area contributed by atoms with Crippen LogP contribution >= 0.6 is 0 Å². The van der Waals surface area contributed by atoms with Gasteiger partial charge >= 0.3 is 0 Å². The van der Waals surface area contributed by atoms with Crippen LogP contribution in [0.1, 0.15) is 5.56 Å². The van der Waals surface area contributed by atoms with Crippen LogP contribution in [0, 0.1) is 0 Å². The smallest absolute Gasteiger partial charge is 0.197 e. The zero-order chi connectivity index (χ0) is 20.1. The minimum atomic E-state index is -0.0173. The molecule has 0 spiro atoms. The van der Waals surface area contributed by atoms with Crippen LogP contribution in [0.5, 0.6) is 0 Å². The van der Waals surface area contributed by atoms with Gasteiger partial charge in [0.2, 0.25) is 0 Å². The molecule has 2 aromatic heterocycles. The molecule has 29 heavy (non-hydrogen) atoms. The number of rotatable bonds is 3. The van der Waals surface area contributed by atoms with E-state index < -0.39 is 0 Å². The van der Waals surface area contributed by atoms with Gasteiger partial charge in [-0.05, 0) is 56.4 Å². The van der Waals surface area contributed by atoms with Crippen molar-refractivity contribution in [3.05, 3.63) is 80.6 Å². The molecule has 5 heteroatoms. The molecular weight excluding hydrogens is 362 g/mol. The van der Waals surface area contributed by atoms with Crippen LogP contribution in [0.15, 0.2) is 64.2 Å². The normalized spacial score (nSPS) is 12.0. The summed E-state index contributed by atoms with van der Waals surface area (Å²) in [6.45, 7) is 0.773. The maximum absolute atomic E-state index is 13.4. The molecule has 0 saturated carbocycles. The summed E-state index contributed by atoms with van der Waals surface area (Å²) in [7, 11) is 4.01. The van der Waals surface area contributed by atoms with Gasteiger partial charge in [0.05, 0.1) is 16.4 Å². The number of hydrogen-bond acceptors (Lipinski definition) is 3. The molecule has 0 radical (unpaired) electrons. The van der Waals surface area contributed by atoms with Crippen LogP contribution in [0.2, 0.25) is 0 Å². The van der Waals surface area contributed by atoms with Crippen molar-refractivity contribution in [1.29, 1.82) is 0 Å². The van der Waals surface area contributed by atoms with E-state index >= 15 is 0 Å². The molecule has 0 fully saturated rings. The van der Waals surface area contributed by atoms with Crippen molar-refractivity contribution in [2.45, 2.75) is 6.42 Å². The lowest BCUT2D eigenvalue weighted by Crippen LogP contribution is -2.18. The average molecular weight is 383 g/mol. The summed E-state index contributed by atoms with van der Waals surface area (Å²) in [5.74, 6) is 0. The lowest BCUT2D eigenvalue weighted by atomic mass is 9.97. The maximum Gasteiger partial charge on any atom is 0.197 e. The fraction of sp³-hybridized carbons (Fsp3) is 0.167. The summed E-state index contributed by atoms with van der Waals surface area (Å²) in [4.78, 5) is 35.6. The molecule has 0 saturated heterocycles. The Morgan fingerprint density at radius 2 is 1.38 bits per heavy atom. The average Bonchev–Trinajstić information content (AvgIpc) is 2.72. The zero-order valence-electron chi connectivity index (χ0n) is 16.4. The van der Waals surface area contributed by atoms with Crippen molar-refractivity contribution in [2.75, 3.05) is 20.6 Å². The number of nitrogens with zero attached hydrogens (tertiary/aromatic N) is 1. The van der Waals surface area contributed by atoms with Gasteiger partial charge in [-0.25, -0.2) is 0 Å². The van der Waals surface area contributed by atoms with E-state index in [1.54, 1.807) is 0 Å². The van der Waals surface area contributed by atoms with Gasteiger partial charge < -0.3 is 14.9 Å². The Morgan fingerprint density at radius 1 is 0.759 bits per heavy atom. The molecule has 2 N–H and O–H groups in total. The van der Waals surface area contributed by atoms with E-state index in [9.17, 15) is 9.59 Å². The number of likely N-dealkylation sites (N-methyl/N-ethyl adjacent to an activating group) is 1. The maximum atomic E-state index is 13.4. The predicted octanol–water partition coefficient (Wildman–Crippen LogP) is 3.78. The summed E-state index contributed by atoms with van der Waals surface area (Å²) in [5, 5.41) is 2.58. The molecule has 144 valence electrons. The third kappa shape index (κ3) is 2.74. The van der Waals surface area contributed by atoms with Gasteiger partial charge in [0.15, 0.2) is 10.9 Å². The second-order valence-corrected chi connectivity index (χ2v) is 7.75. The van der Waals surface area contributed by atoms with Crippen molar-refractivity contribution in [3.8, 4) is 0 Å². The Morgan fingerprint density at radius 3 is 2.07 bits per heavy atom. The fourth-order valence-electron chi connectivity index (χ4n) is 4.14. The number of hydrogen-bond donors (Lipinski definition) is 2. The summed E-state index contributed by atoms with van der Waals surface area (Å²) in [6.07, 6.45) is 0.663. The number of aromatic nitrogens is 2. The number of aromatic amines is 2. The monoisotopic (exact) mass is 383 g/mol. The van der Waals surface area contributed by atoms with Crippen LogP contribution in [0.3, 0.4) is 0 Å². The fourth-order valence-corrected chi connectivity index (χ4v) is 4.14. The van der Waals surface area contributed by atoms with Crippen molar-refractivity contribution >= 4 is 43.6 Å². The largest absolute Gasteiger partial charge is 0.354 e. The van der Waals surface area contributed by atoms with Gasteiger partial charge in [-0.3, -0.25) is 9.59 Å². The van der Waals surface area contributed by atoms with Gasteiger partial charge in [0.25, 0.3) is 0 Å². The number of pyridine rings is 2. The molecule has 0 aliphatic carbocycles. The van der Waals surface area contributed by atoms with Gasteiger partial charge in [-0.15, -0.1) is 0 Å². The molecule has 0 unspecified atom stereocenters. The lowest BCUT2D eigenvalue weighted by molar-refractivity contribution is 0.414. The lowest BCUT2D eigenvalue weighted by Gasteiger charge is -2.15. The Kier molecular flexibility index (Phi) is 4.00. The number of H-pyrrole nitrogens is 2. The highest BCUT2D eigenvalue weighted by molar-refractivity contribution is 6.05. The minimum Gasteiger partial charge on any atom is -0.354 e. The SMILES string of the molecule is CN(C)CCc1c2[nH]c3ccccc3c(=O)c2cc2[nH]c3ccccc3c(=O)c12. The van der Waals surface area contributed by atoms with E-state index in [2.05, 4.69) is 14.9 Å². The standard InChI is InChI=1S/C24H21N3O2/c1-27(2)12-11-16-21-20(25-18-9-5-4-8-15(18)24(21)29)13-17-22(16)26-19-10-6-3-7-14(19)23(17)28/h3-10,13H,11-12H2,1-2H3,(H,25,29)(H,26,28). The van der Waals surface area contributed by atoms with Crippen LogP contribution in [0.4, 0.5) is 0 Å². The number of para-hydroxylation sites is 2. The van der Waals surface area contributed by atoms with Crippen molar-refractivity contribution in [1.82, 2.24) is 14.9 Å². The van der Waals surface area contributed by atoms with Crippen LogP contribution in [0.25, 0.3) is 43.6 Å². The first-order chi connectivity index (χ1) is 14.0. The van der Waals surface area contributed by atoms with Gasteiger partial charge in [-0.1, -0.05) is 24.3 Å². The summed E-state index contributed by atoms with van der Waals surface area (Å²) >= 11 is 0. The third-order valence-corrected chi connectivity index (χ3v) is 5.58. The van der Waals surface area contributed by atoms with E-state index in [0.29, 0.717) is 33.5 Å². The molecule has 0 amide bonds. The number of fused-ring (bicyclic) bond motifs is 4. The zero-order valence-corrected chi connectivity index (χ0v) is 16.4. The Labute approximate surface area is 166 Å². The molecule has 0 aliphatic rings. The molecule has 3 aromatic carbocycles. The Bertz CT molecular complexity index is 1530. The first-order valence-electron chi connectivity index (χ1n) is 9.70. The first-order valence-corrected chi connectivity index (χ1v) is 9.70. The van der Waals surface area contributed by atoms with E-state index in [-0.39, 0.29) is 10.9 Å². The van der Waals surface area contributed by atoms with Gasteiger partial charge in [-0.2, -0.15) is 0 Å². The third-order valence-electron chi connectivity index (χ3n) is 5.58. The minimum absolute atomic E-state index is 0.000913. The molecule has 5 nitrogen and oxygen atoms in total. The van der Waals surface area contributed by atoms with Crippen LogP contribution in [-0.2, 0) is 6.42 Å². The highest BCUT2D eigenvalue weighted by Crippen LogP contribution is 2.27. The van der Waals surface area contributed by atoms with Crippen molar-refractivity contribution in [3.63, 3.8) is 0 Å². The molecule has 0 bridgehead atoms. The van der Waals surface area contributed by atoms with Gasteiger partial charge in [0.1, 0.15) is 0 Å². The number of nitrogens with one attached hydrogen (secondary N) is 2. The topological polar surface area (TPSA) is 69.0 Å². The second-order valence-electron chi connectivity index (χ2n) is 7.75. The molecule has 5 rings (SSSR count). The first kappa shape index (κ1) is 17.6. The summed E-state index contributed by atoms with van der Waals surface area (Å²) in [5.41, 5.74) is 3.89. The molecular formula is C24H21N3O2. The van der Waals surface area contributed by atoms with E-state index in [1.165, 1.54) is 0 Å². The van der Waals surface area contributed by atoms with E-state index in [4.69, 9.17) is 0 Å². The Hall–Kier alpha value is -3.44.